The van der Waals surface area contributed by atoms with Crippen LogP contribution in [-0.4, -0.2) is 47.9 Å². The lowest BCUT2D eigenvalue weighted by Gasteiger charge is -2.28. The minimum absolute atomic E-state index is 0.153. The third kappa shape index (κ3) is 5.67. The summed E-state index contributed by atoms with van der Waals surface area (Å²) < 4.78 is 16.5. The summed E-state index contributed by atoms with van der Waals surface area (Å²) >= 11 is 0. The monoisotopic (exact) mass is 404 g/mol. The van der Waals surface area contributed by atoms with E-state index in [1.165, 1.54) is 6.92 Å². The maximum absolute atomic E-state index is 12.4. The Morgan fingerprint density at radius 2 is 1.97 bits per heavy atom. The molecule has 2 aliphatic rings. The minimum Gasteiger partial charge on any atom is -0.458 e. The Bertz CT molecular complexity index is 787. The molecular formula is C22H28O7. The highest BCUT2D eigenvalue weighted by atomic mass is 16.6. The van der Waals surface area contributed by atoms with Gasteiger partial charge in [0.05, 0.1) is 12.5 Å². The molecule has 1 aliphatic carbocycles. The van der Waals surface area contributed by atoms with E-state index >= 15 is 0 Å². The third-order valence-electron chi connectivity index (χ3n) is 5.05. The lowest BCUT2D eigenvalue weighted by Crippen LogP contribution is -2.34. The number of esters is 3. The predicted molar refractivity (Wildman–Crippen MR) is 106 cm³/mol. The van der Waals surface area contributed by atoms with E-state index in [9.17, 15) is 19.5 Å². The van der Waals surface area contributed by atoms with Gasteiger partial charge in [0.1, 0.15) is 18.3 Å². The smallest absolute Gasteiger partial charge is 0.334 e. The fourth-order valence-corrected chi connectivity index (χ4v) is 3.49. The van der Waals surface area contributed by atoms with Gasteiger partial charge in [0.25, 0.3) is 0 Å². The summed E-state index contributed by atoms with van der Waals surface area (Å²) in [6.45, 7) is 10.0. The molecule has 0 aromatic rings. The fraction of sp³-hybridized carbons (Fsp3) is 0.500. The molecule has 29 heavy (non-hydrogen) atoms. The first kappa shape index (κ1) is 22.6. The van der Waals surface area contributed by atoms with Crippen molar-refractivity contribution in [2.24, 2.45) is 5.92 Å². The van der Waals surface area contributed by atoms with Crippen molar-refractivity contribution >= 4 is 17.9 Å². The van der Waals surface area contributed by atoms with Gasteiger partial charge < -0.3 is 19.3 Å². The van der Waals surface area contributed by atoms with Crippen molar-refractivity contribution in [2.45, 2.75) is 58.8 Å². The van der Waals surface area contributed by atoms with Crippen LogP contribution in [-0.2, 0) is 28.6 Å². The van der Waals surface area contributed by atoms with E-state index < -0.39 is 42.1 Å². The molecule has 4 unspecified atom stereocenters. The number of hydrogen-bond acceptors (Lipinski definition) is 7. The molecule has 1 heterocycles. The number of ether oxygens (including phenoxy) is 3. The van der Waals surface area contributed by atoms with Crippen molar-refractivity contribution < 1.29 is 33.7 Å². The van der Waals surface area contributed by atoms with Gasteiger partial charge >= 0.3 is 17.9 Å². The molecule has 0 saturated carbocycles. The van der Waals surface area contributed by atoms with Gasteiger partial charge in [-0.1, -0.05) is 18.2 Å². The van der Waals surface area contributed by atoms with E-state index in [0.717, 1.165) is 5.57 Å². The summed E-state index contributed by atoms with van der Waals surface area (Å²) in [6.07, 6.45) is 3.60. The van der Waals surface area contributed by atoms with Gasteiger partial charge in [0.15, 0.2) is 0 Å². The molecule has 0 aromatic carbocycles. The van der Waals surface area contributed by atoms with Crippen LogP contribution in [0.25, 0.3) is 0 Å². The number of allylic oxidation sites excluding steroid dienone is 1. The Morgan fingerprint density at radius 1 is 1.28 bits per heavy atom. The van der Waals surface area contributed by atoms with Crippen LogP contribution in [0.3, 0.4) is 0 Å². The van der Waals surface area contributed by atoms with Crippen molar-refractivity contribution in [2.75, 3.05) is 6.61 Å². The lowest BCUT2D eigenvalue weighted by molar-refractivity contribution is -0.147. The molecular weight excluding hydrogens is 376 g/mol. The summed E-state index contributed by atoms with van der Waals surface area (Å²) in [5, 5.41) is 9.86. The van der Waals surface area contributed by atoms with Gasteiger partial charge in [0.2, 0.25) is 0 Å². The summed E-state index contributed by atoms with van der Waals surface area (Å²) in [5.74, 6) is -2.09. The Balaban J connectivity index is 2.48. The molecule has 0 amide bonds. The van der Waals surface area contributed by atoms with E-state index in [-0.39, 0.29) is 18.6 Å². The Morgan fingerprint density at radius 3 is 2.55 bits per heavy atom. The van der Waals surface area contributed by atoms with E-state index in [1.807, 2.05) is 6.92 Å². The molecule has 1 N–H and O–H groups in total. The number of rotatable bonds is 4. The second-order valence-electron chi connectivity index (χ2n) is 7.39. The molecule has 0 radical (unpaired) electrons. The number of aliphatic hydroxyl groups excluding tert-OH is 1. The van der Waals surface area contributed by atoms with Crippen molar-refractivity contribution in [1.29, 1.82) is 0 Å². The van der Waals surface area contributed by atoms with Crippen molar-refractivity contribution in [3.63, 3.8) is 0 Å². The normalized spacial score (nSPS) is 28.0. The van der Waals surface area contributed by atoms with Crippen LogP contribution in [0.2, 0.25) is 0 Å². The third-order valence-corrected chi connectivity index (χ3v) is 5.05. The Labute approximate surface area is 170 Å². The summed E-state index contributed by atoms with van der Waals surface area (Å²) in [5.41, 5.74) is 2.02. The number of aliphatic hydroxyl groups is 1. The zero-order chi connectivity index (χ0) is 21.7. The van der Waals surface area contributed by atoms with Crippen LogP contribution in [0.4, 0.5) is 0 Å². The van der Waals surface area contributed by atoms with Crippen LogP contribution >= 0.6 is 0 Å². The molecule has 0 bridgehead atoms. The van der Waals surface area contributed by atoms with Crippen LogP contribution in [0, 0.1) is 5.92 Å². The van der Waals surface area contributed by atoms with Gasteiger partial charge in [-0.15, -0.1) is 0 Å². The molecule has 7 nitrogen and oxygen atoms in total. The van der Waals surface area contributed by atoms with E-state index in [1.54, 1.807) is 32.1 Å². The van der Waals surface area contributed by atoms with Gasteiger partial charge in [0, 0.05) is 30.9 Å². The molecule has 4 atom stereocenters. The van der Waals surface area contributed by atoms with Gasteiger partial charge in [-0.2, -0.15) is 0 Å². The predicted octanol–water partition coefficient (Wildman–Crippen LogP) is 2.55. The van der Waals surface area contributed by atoms with Crippen LogP contribution in [0.15, 0.2) is 47.1 Å². The number of carbonyl (C=O) groups is 3. The quantitative estimate of drug-likeness (QED) is 0.333. The highest BCUT2D eigenvalue weighted by Gasteiger charge is 2.44. The topological polar surface area (TPSA) is 99.1 Å². The summed E-state index contributed by atoms with van der Waals surface area (Å²) in [4.78, 5) is 36.1. The molecule has 0 aromatic heterocycles. The lowest BCUT2D eigenvalue weighted by atomic mass is 9.85. The molecule has 1 aliphatic heterocycles. The van der Waals surface area contributed by atoms with E-state index in [4.69, 9.17) is 14.2 Å². The van der Waals surface area contributed by atoms with Crippen LogP contribution < -0.4 is 0 Å². The average Bonchev–Trinajstić information content (AvgIpc) is 2.91. The van der Waals surface area contributed by atoms with Crippen molar-refractivity contribution in [3.05, 3.63) is 47.1 Å². The van der Waals surface area contributed by atoms with E-state index in [2.05, 4.69) is 6.58 Å². The van der Waals surface area contributed by atoms with Crippen molar-refractivity contribution in [1.82, 2.24) is 0 Å². The Kier molecular flexibility index (Phi) is 7.56. The SMILES string of the molecule is C=C1C(=O)OC2C=C(C)CC(OC(C)=O)C=C(CO)CC(OC(=O)C(C)=CC)C12. The molecule has 7 heteroatoms. The molecule has 158 valence electrons. The van der Waals surface area contributed by atoms with Gasteiger partial charge in [-0.3, -0.25) is 4.79 Å². The van der Waals surface area contributed by atoms with Crippen molar-refractivity contribution in [3.8, 4) is 0 Å². The van der Waals surface area contributed by atoms with Crippen LogP contribution in [0.1, 0.15) is 40.5 Å². The first-order valence-corrected chi connectivity index (χ1v) is 9.54. The molecule has 2 rings (SSSR count). The maximum atomic E-state index is 12.4. The maximum Gasteiger partial charge on any atom is 0.334 e. The standard InChI is InChI=1S/C22H28O7/c1-6-13(3)21(25)28-19-10-16(11-23)9-17(27-15(5)24)7-12(2)8-18-20(19)14(4)22(26)29-18/h6,8-9,17-20,23H,4,7,10-11H2,1-3,5H3. The second kappa shape index (κ2) is 9.69. The minimum atomic E-state index is -0.778. The largest absolute Gasteiger partial charge is 0.458 e. The first-order chi connectivity index (χ1) is 13.7. The second-order valence-corrected chi connectivity index (χ2v) is 7.39. The molecule has 0 spiro atoms. The zero-order valence-electron chi connectivity index (χ0n) is 17.3. The average molecular weight is 404 g/mol. The van der Waals surface area contributed by atoms with Crippen LogP contribution in [0.5, 0.6) is 0 Å². The fourth-order valence-electron chi connectivity index (χ4n) is 3.49. The zero-order valence-corrected chi connectivity index (χ0v) is 17.3. The highest BCUT2D eigenvalue weighted by molar-refractivity contribution is 5.92. The molecule has 1 fully saturated rings. The number of hydrogen-bond donors (Lipinski definition) is 1. The summed E-state index contributed by atoms with van der Waals surface area (Å²) in [7, 11) is 0. The Hall–Kier alpha value is -2.67. The molecule has 1 saturated heterocycles. The first-order valence-electron chi connectivity index (χ1n) is 9.54. The van der Waals surface area contributed by atoms with Gasteiger partial charge in [-0.05, 0) is 38.5 Å². The van der Waals surface area contributed by atoms with E-state index in [0.29, 0.717) is 17.6 Å². The number of fused-ring (bicyclic) bond motifs is 1. The number of carbonyl (C=O) groups excluding carboxylic acids is 3. The summed E-state index contributed by atoms with van der Waals surface area (Å²) in [6, 6.07) is 0. The van der Waals surface area contributed by atoms with Gasteiger partial charge in [-0.25, -0.2) is 9.59 Å². The highest BCUT2D eigenvalue weighted by Crippen LogP contribution is 2.36.